The minimum Gasteiger partial charge on any atom is -0.297 e. The predicted molar refractivity (Wildman–Crippen MR) is 87.3 cm³/mol. The van der Waals surface area contributed by atoms with Crippen molar-refractivity contribution < 1.29 is 9.18 Å². The van der Waals surface area contributed by atoms with Gasteiger partial charge < -0.3 is 0 Å². The summed E-state index contributed by atoms with van der Waals surface area (Å²) in [5, 5.41) is 10.4. The van der Waals surface area contributed by atoms with E-state index in [-0.39, 0.29) is 11.7 Å². The SMILES string of the molecule is O=C(C=Cc1ccc(-c2ccccc2F)s1)Nc1nncs1. The molecule has 3 rings (SSSR count). The highest BCUT2D eigenvalue weighted by Crippen LogP contribution is 2.30. The third kappa shape index (κ3) is 3.44. The highest BCUT2D eigenvalue weighted by molar-refractivity contribution is 7.16. The van der Waals surface area contributed by atoms with E-state index in [1.54, 1.807) is 29.8 Å². The molecule has 0 saturated heterocycles. The van der Waals surface area contributed by atoms with Crippen LogP contribution in [0.5, 0.6) is 0 Å². The molecule has 4 nitrogen and oxygen atoms in total. The Morgan fingerprint density at radius 1 is 1.23 bits per heavy atom. The van der Waals surface area contributed by atoms with Crippen molar-refractivity contribution in [2.45, 2.75) is 0 Å². The van der Waals surface area contributed by atoms with Crippen LogP contribution in [0.15, 0.2) is 48.0 Å². The minimum absolute atomic E-state index is 0.256. The third-order valence-electron chi connectivity index (χ3n) is 2.76. The molecule has 0 radical (unpaired) electrons. The molecule has 0 aliphatic rings. The second kappa shape index (κ2) is 6.59. The van der Waals surface area contributed by atoms with E-state index in [9.17, 15) is 9.18 Å². The molecule has 0 aliphatic heterocycles. The Balaban J connectivity index is 1.70. The number of carbonyl (C=O) groups excluding carboxylic acids is 1. The van der Waals surface area contributed by atoms with Crippen LogP contribution in [-0.4, -0.2) is 16.1 Å². The molecule has 0 fully saturated rings. The number of rotatable bonds is 4. The zero-order chi connectivity index (χ0) is 15.4. The van der Waals surface area contributed by atoms with E-state index in [4.69, 9.17) is 0 Å². The van der Waals surface area contributed by atoms with E-state index in [1.165, 1.54) is 34.8 Å². The van der Waals surface area contributed by atoms with Crippen molar-refractivity contribution >= 4 is 39.8 Å². The van der Waals surface area contributed by atoms with Crippen LogP contribution >= 0.6 is 22.7 Å². The first-order valence-electron chi connectivity index (χ1n) is 6.32. The molecule has 2 heterocycles. The van der Waals surface area contributed by atoms with E-state index in [0.29, 0.717) is 10.7 Å². The fraction of sp³-hybridized carbons (Fsp3) is 0. The molecule has 1 amide bonds. The lowest BCUT2D eigenvalue weighted by atomic mass is 10.2. The first-order chi connectivity index (χ1) is 10.7. The fourth-order valence-corrected chi connectivity index (χ4v) is 3.17. The van der Waals surface area contributed by atoms with Crippen molar-refractivity contribution in [1.29, 1.82) is 0 Å². The Labute approximate surface area is 134 Å². The molecule has 1 N–H and O–H groups in total. The van der Waals surface area contributed by atoms with Crippen molar-refractivity contribution in [1.82, 2.24) is 10.2 Å². The monoisotopic (exact) mass is 331 g/mol. The Morgan fingerprint density at radius 3 is 2.86 bits per heavy atom. The number of aromatic nitrogens is 2. The van der Waals surface area contributed by atoms with Crippen molar-refractivity contribution in [3.05, 3.63) is 58.7 Å². The molecule has 2 aromatic heterocycles. The van der Waals surface area contributed by atoms with Gasteiger partial charge in [-0.05, 0) is 24.3 Å². The van der Waals surface area contributed by atoms with Gasteiger partial charge in [-0.1, -0.05) is 29.5 Å². The summed E-state index contributed by atoms with van der Waals surface area (Å²) in [7, 11) is 0. The number of benzene rings is 1. The summed E-state index contributed by atoms with van der Waals surface area (Å²) in [6, 6.07) is 10.3. The Bertz CT molecular complexity index is 812. The van der Waals surface area contributed by atoms with Gasteiger partial charge in [0.05, 0.1) is 0 Å². The summed E-state index contributed by atoms with van der Waals surface area (Å²) in [4.78, 5) is 13.4. The van der Waals surface area contributed by atoms with Gasteiger partial charge in [-0.15, -0.1) is 21.5 Å². The van der Waals surface area contributed by atoms with Gasteiger partial charge in [0.25, 0.3) is 0 Å². The average molecular weight is 331 g/mol. The Hall–Kier alpha value is -2.38. The molecule has 0 unspecified atom stereocenters. The lowest BCUT2D eigenvalue weighted by molar-refractivity contribution is -0.111. The van der Waals surface area contributed by atoms with Crippen LogP contribution in [0, 0.1) is 5.82 Å². The Kier molecular flexibility index (Phi) is 4.36. The van der Waals surface area contributed by atoms with Crippen molar-refractivity contribution in [3.63, 3.8) is 0 Å². The summed E-state index contributed by atoms with van der Waals surface area (Å²) >= 11 is 2.67. The summed E-state index contributed by atoms with van der Waals surface area (Å²) in [5.41, 5.74) is 2.10. The van der Waals surface area contributed by atoms with Gasteiger partial charge in [0.1, 0.15) is 11.3 Å². The molecule has 0 spiro atoms. The van der Waals surface area contributed by atoms with Gasteiger partial charge in [-0.2, -0.15) is 0 Å². The number of amides is 1. The summed E-state index contributed by atoms with van der Waals surface area (Å²) < 4.78 is 13.7. The standard InChI is InChI=1S/C15H10FN3OS2/c16-12-4-2-1-3-11(12)13-7-5-10(22-13)6-8-14(20)18-15-19-17-9-21-15/h1-9H,(H,18,19,20). The van der Waals surface area contributed by atoms with E-state index in [2.05, 4.69) is 15.5 Å². The van der Waals surface area contributed by atoms with E-state index < -0.39 is 0 Å². The van der Waals surface area contributed by atoms with E-state index >= 15 is 0 Å². The molecule has 1 aromatic carbocycles. The number of thiophene rings is 1. The van der Waals surface area contributed by atoms with Crippen LogP contribution in [0.3, 0.4) is 0 Å². The van der Waals surface area contributed by atoms with Crippen LogP contribution in [0.4, 0.5) is 9.52 Å². The fourth-order valence-electron chi connectivity index (χ4n) is 1.78. The number of hydrogen-bond acceptors (Lipinski definition) is 5. The molecule has 3 aromatic rings. The molecule has 0 atom stereocenters. The van der Waals surface area contributed by atoms with Crippen LogP contribution in [0.25, 0.3) is 16.5 Å². The quantitative estimate of drug-likeness (QED) is 0.734. The summed E-state index contributed by atoms with van der Waals surface area (Å²) in [6.07, 6.45) is 3.10. The zero-order valence-corrected chi connectivity index (χ0v) is 12.8. The number of hydrogen-bond donors (Lipinski definition) is 1. The molecular formula is C15H10FN3OS2. The highest BCUT2D eigenvalue weighted by Gasteiger charge is 2.06. The number of nitrogens with zero attached hydrogens (tertiary/aromatic N) is 2. The number of carbonyl (C=O) groups is 1. The third-order valence-corrected chi connectivity index (χ3v) is 4.45. The van der Waals surface area contributed by atoms with Gasteiger partial charge in [-0.3, -0.25) is 10.1 Å². The lowest BCUT2D eigenvalue weighted by Gasteiger charge is -1.97. The van der Waals surface area contributed by atoms with Crippen molar-refractivity contribution in [2.24, 2.45) is 0 Å². The maximum absolute atomic E-state index is 13.7. The molecule has 0 bridgehead atoms. The molecule has 0 aliphatic carbocycles. The molecular weight excluding hydrogens is 321 g/mol. The van der Waals surface area contributed by atoms with Crippen molar-refractivity contribution in [3.8, 4) is 10.4 Å². The average Bonchev–Trinajstić information content (AvgIpc) is 3.17. The van der Waals surface area contributed by atoms with Gasteiger partial charge in [0.15, 0.2) is 0 Å². The van der Waals surface area contributed by atoms with Gasteiger partial charge in [-0.25, -0.2) is 4.39 Å². The number of anilines is 1. The van der Waals surface area contributed by atoms with Gasteiger partial charge >= 0.3 is 0 Å². The summed E-state index contributed by atoms with van der Waals surface area (Å²) in [5.74, 6) is -0.536. The van der Waals surface area contributed by atoms with E-state index in [1.807, 2.05) is 12.1 Å². The maximum Gasteiger partial charge on any atom is 0.250 e. The molecule has 7 heteroatoms. The topological polar surface area (TPSA) is 54.9 Å². The largest absolute Gasteiger partial charge is 0.297 e. The predicted octanol–water partition coefficient (Wildman–Crippen LogP) is 4.06. The molecule has 0 saturated carbocycles. The maximum atomic E-state index is 13.7. The number of nitrogens with one attached hydrogen (secondary N) is 1. The van der Waals surface area contributed by atoms with Crippen LogP contribution in [0.2, 0.25) is 0 Å². The van der Waals surface area contributed by atoms with Crippen molar-refractivity contribution in [2.75, 3.05) is 5.32 Å². The van der Waals surface area contributed by atoms with Crippen LogP contribution in [-0.2, 0) is 4.79 Å². The molecule has 110 valence electrons. The summed E-state index contributed by atoms with van der Waals surface area (Å²) in [6.45, 7) is 0. The molecule has 22 heavy (non-hydrogen) atoms. The first-order valence-corrected chi connectivity index (χ1v) is 8.02. The second-order valence-corrected chi connectivity index (χ2v) is 6.20. The second-order valence-electron chi connectivity index (χ2n) is 4.25. The lowest BCUT2D eigenvalue weighted by Crippen LogP contribution is -2.07. The van der Waals surface area contributed by atoms with E-state index in [0.717, 1.165) is 9.75 Å². The first kappa shape index (κ1) is 14.6. The van der Waals surface area contributed by atoms with Gasteiger partial charge in [0, 0.05) is 21.4 Å². The number of halogens is 1. The zero-order valence-electron chi connectivity index (χ0n) is 11.2. The smallest absolute Gasteiger partial charge is 0.250 e. The highest BCUT2D eigenvalue weighted by atomic mass is 32.1. The van der Waals surface area contributed by atoms with Crippen LogP contribution in [0.1, 0.15) is 4.88 Å². The minimum atomic E-state index is -0.280. The Morgan fingerprint density at radius 2 is 2.09 bits per heavy atom. The van der Waals surface area contributed by atoms with Crippen LogP contribution < -0.4 is 5.32 Å². The van der Waals surface area contributed by atoms with Gasteiger partial charge in [0.2, 0.25) is 11.0 Å². The normalized spacial score (nSPS) is 11.0.